The van der Waals surface area contributed by atoms with Gasteiger partial charge in [0, 0.05) is 10.8 Å². The molecule has 2 nitrogen and oxygen atoms in total. The summed E-state index contributed by atoms with van der Waals surface area (Å²) < 4.78 is 0. The lowest BCUT2D eigenvalue weighted by Crippen LogP contribution is -2.39. The molecule has 0 fully saturated rings. The average Bonchev–Trinajstić information content (AvgIpc) is 2.73. The van der Waals surface area contributed by atoms with Crippen LogP contribution in [0.15, 0.2) is 35.9 Å². The van der Waals surface area contributed by atoms with E-state index in [0.717, 1.165) is 19.3 Å². The summed E-state index contributed by atoms with van der Waals surface area (Å²) in [7, 11) is 0. The maximum atomic E-state index is 12.2. The molecule has 0 radical (unpaired) electrons. The first-order chi connectivity index (χ1) is 8.98. The number of rotatable bonds is 0. The zero-order chi connectivity index (χ0) is 13.7. The highest BCUT2D eigenvalue weighted by Crippen LogP contribution is 2.51. The number of aryl methyl sites for hydroxylation is 1. The normalized spacial score (nSPS) is 27.8. The first-order valence-electron chi connectivity index (χ1n) is 6.75. The van der Waals surface area contributed by atoms with Gasteiger partial charge in [0.15, 0.2) is 5.78 Å². The number of carbonyl (C=O) groups is 1. The van der Waals surface area contributed by atoms with Gasteiger partial charge in [-0.2, -0.15) is 5.26 Å². The molecule has 0 saturated heterocycles. The third kappa shape index (κ3) is 1.65. The molecule has 0 saturated carbocycles. The van der Waals surface area contributed by atoms with Crippen LogP contribution in [0.25, 0.3) is 0 Å². The van der Waals surface area contributed by atoms with E-state index in [9.17, 15) is 10.1 Å². The molecule has 0 amide bonds. The molecule has 1 aromatic rings. The largest absolute Gasteiger partial charge is 0.293 e. The molecule has 19 heavy (non-hydrogen) atoms. The number of allylic oxidation sites excluding steroid dienone is 2. The molecule has 0 bridgehead atoms. The lowest BCUT2D eigenvalue weighted by molar-refractivity contribution is -0.124. The topological polar surface area (TPSA) is 40.9 Å². The minimum atomic E-state index is -0.447. The van der Waals surface area contributed by atoms with Gasteiger partial charge < -0.3 is 0 Å². The second kappa shape index (κ2) is 3.81. The lowest BCUT2D eigenvalue weighted by Gasteiger charge is -2.39. The fourth-order valence-corrected chi connectivity index (χ4v) is 3.76. The predicted molar refractivity (Wildman–Crippen MR) is 73.5 cm³/mol. The minimum Gasteiger partial charge on any atom is -0.293 e. The van der Waals surface area contributed by atoms with E-state index >= 15 is 0 Å². The molecular formula is C17H17NO. The monoisotopic (exact) mass is 251 g/mol. The first kappa shape index (κ1) is 12.2. The molecule has 96 valence electrons. The number of nitrogens with zero attached hydrogens (tertiary/aromatic N) is 1. The van der Waals surface area contributed by atoms with Crippen molar-refractivity contribution >= 4 is 5.78 Å². The van der Waals surface area contributed by atoms with Gasteiger partial charge >= 0.3 is 0 Å². The van der Waals surface area contributed by atoms with Crippen molar-refractivity contribution in [1.82, 2.24) is 0 Å². The zero-order valence-electron chi connectivity index (χ0n) is 11.4. The number of benzene rings is 1. The van der Waals surface area contributed by atoms with Crippen molar-refractivity contribution in [2.24, 2.45) is 5.41 Å². The predicted octanol–water partition coefficient (Wildman–Crippen LogP) is 3.32. The Bertz CT molecular complexity index is 633. The Kier molecular flexibility index (Phi) is 2.44. The molecule has 1 unspecified atom stereocenters. The van der Waals surface area contributed by atoms with Gasteiger partial charge in [-0.15, -0.1) is 0 Å². The summed E-state index contributed by atoms with van der Waals surface area (Å²) in [6.45, 7) is 3.92. The summed E-state index contributed by atoms with van der Waals surface area (Å²) in [6, 6.07) is 10.5. The van der Waals surface area contributed by atoms with E-state index < -0.39 is 5.41 Å². The van der Waals surface area contributed by atoms with E-state index in [1.165, 1.54) is 11.1 Å². The fourth-order valence-electron chi connectivity index (χ4n) is 3.76. The summed E-state index contributed by atoms with van der Waals surface area (Å²) >= 11 is 0. The van der Waals surface area contributed by atoms with Crippen LogP contribution in [0, 0.1) is 16.7 Å². The molecule has 0 N–H and O–H groups in total. The lowest BCUT2D eigenvalue weighted by atomic mass is 9.62. The zero-order valence-corrected chi connectivity index (χ0v) is 11.4. The summed E-state index contributed by atoms with van der Waals surface area (Å²) in [5, 5.41) is 9.25. The van der Waals surface area contributed by atoms with E-state index in [4.69, 9.17) is 0 Å². The SMILES string of the molecule is CC1(C)CC2(C=C(C#N)C1=O)CCc1ccccc12. The van der Waals surface area contributed by atoms with Crippen LogP contribution in [-0.2, 0) is 16.6 Å². The number of ketones is 1. The van der Waals surface area contributed by atoms with Crippen LogP contribution in [-0.4, -0.2) is 5.78 Å². The molecule has 1 spiro atoms. The van der Waals surface area contributed by atoms with Gasteiger partial charge in [-0.3, -0.25) is 4.79 Å². The van der Waals surface area contributed by atoms with E-state index in [0.29, 0.717) is 5.57 Å². The molecule has 2 aliphatic rings. The Labute approximate surface area is 113 Å². The number of nitriles is 1. The van der Waals surface area contributed by atoms with Gasteiger partial charge in [0.05, 0.1) is 5.57 Å². The molecule has 2 aliphatic carbocycles. The number of Topliss-reactive ketones (excluding diaryl/α,β-unsaturated/α-hetero) is 1. The molecule has 3 rings (SSSR count). The van der Waals surface area contributed by atoms with Crippen LogP contribution in [0.1, 0.15) is 37.8 Å². The van der Waals surface area contributed by atoms with Gasteiger partial charge in [0.2, 0.25) is 0 Å². The smallest absolute Gasteiger partial charge is 0.178 e. The van der Waals surface area contributed by atoms with Crippen molar-refractivity contribution in [1.29, 1.82) is 5.26 Å². The van der Waals surface area contributed by atoms with Crippen LogP contribution in [0.3, 0.4) is 0 Å². The first-order valence-corrected chi connectivity index (χ1v) is 6.75. The summed E-state index contributed by atoms with van der Waals surface area (Å²) in [5.74, 6) is -0.00925. The van der Waals surface area contributed by atoms with Gasteiger partial charge in [0.1, 0.15) is 6.07 Å². The Morgan fingerprint density at radius 1 is 1.26 bits per heavy atom. The van der Waals surface area contributed by atoms with Crippen LogP contribution in [0.2, 0.25) is 0 Å². The quantitative estimate of drug-likeness (QED) is 0.709. The molecule has 1 aromatic carbocycles. The summed E-state index contributed by atoms with van der Waals surface area (Å²) in [4.78, 5) is 12.2. The Hall–Kier alpha value is -1.88. The van der Waals surface area contributed by atoms with Gasteiger partial charge in [-0.25, -0.2) is 0 Å². The summed E-state index contributed by atoms with van der Waals surface area (Å²) in [5.41, 5.74) is 2.45. The van der Waals surface area contributed by atoms with Crippen LogP contribution in [0.4, 0.5) is 0 Å². The standard InChI is InChI=1S/C17H17NO/c1-16(2)11-17(9-13(10-18)15(16)19)8-7-12-5-3-4-6-14(12)17/h3-6,9H,7-8,11H2,1-2H3. The highest BCUT2D eigenvalue weighted by atomic mass is 16.1. The third-order valence-corrected chi connectivity index (χ3v) is 4.55. The van der Waals surface area contributed by atoms with Crippen LogP contribution in [0.5, 0.6) is 0 Å². The molecular weight excluding hydrogens is 234 g/mol. The highest BCUT2D eigenvalue weighted by Gasteiger charge is 2.48. The minimum absolute atomic E-state index is 0.00925. The second-order valence-corrected chi connectivity index (χ2v) is 6.37. The second-order valence-electron chi connectivity index (χ2n) is 6.37. The number of carbonyl (C=O) groups excluding carboxylic acids is 1. The number of hydrogen-bond donors (Lipinski definition) is 0. The average molecular weight is 251 g/mol. The Morgan fingerprint density at radius 3 is 2.74 bits per heavy atom. The molecule has 1 atom stereocenters. The van der Waals surface area contributed by atoms with Crippen molar-refractivity contribution in [2.75, 3.05) is 0 Å². The molecule has 0 aromatic heterocycles. The molecule has 0 aliphatic heterocycles. The van der Waals surface area contributed by atoms with Crippen LogP contribution < -0.4 is 0 Å². The highest BCUT2D eigenvalue weighted by molar-refractivity contribution is 6.04. The van der Waals surface area contributed by atoms with E-state index in [2.05, 4.69) is 30.3 Å². The maximum absolute atomic E-state index is 12.2. The number of fused-ring (bicyclic) bond motifs is 2. The molecule has 0 heterocycles. The Balaban J connectivity index is 2.20. The maximum Gasteiger partial charge on any atom is 0.178 e. The third-order valence-electron chi connectivity index (χ3n) is 4.55. The van der Waals surface area contributed by atoms with Crippen LogP contribution >= 0.6 is 0 Å². The number of hydrogen-bond acceptors (Lipinski definition) is 2. The summed E-state index contributed by atoms with van der Waals surface area (Å²) in [6.07, 6.45) is 4.79. The van der Waals surface area contributed by atoms with Crippen molar-refractivity contribution in [3.8, 4) is 6.07 Å². The van der Waals surface area contributed by atoms with Crippen molar-refractivity contribution in [3.05, 3.63) is 47.0 Å². The van der Waals surface area contributed by atoms with Crippen molar-refractivity contribution < 1.29 is 4.79 Å². The van der Waals surface area contributed by atoms with Crippen molar-refractivity contribution in [3.63, 3.8) is 0 Å². The van der Waals surface area contributed by atoms with Gasteiger partial charge in [-0.1, -0.05) is 44.2 Å². The van der Waals surface area contributed by atoms with Crippen molar-refractivity contribution in [2.45, 2.75) is 38.5 Å². The fraction of sp³-hybridized carbons (Fsp3) is 0.412. The molecule has 2 heteroatoms. The van der Waals surface area contributed by atoms with Gasteiger partial charge in [0.25, 0.3) is 0 Å². The van der Waals surface area contributed by atoms with E-state index in [1.54, 1.807) is 0 Å². The Morgan fingerprint density at radius 2 is 2.00 bits per heavy atom. The van der Waals surface area contributed by atoms with Gasteiger partial charge in [-0.05, 0) is 30.4 Å². The van der Waals surface area contributed by atoms with E-state index in [1.807, 2.05) is 19.9 Å². The van der Waals surface area contributed by atoms with E-state index in [-0.39, 0.29) is 11.2 Å².